The van der Waals surface area contributed by atoms with Crippen molar-refractivity contribution in [1.29, 1.82) is 0 Å². The molecule has 0 saturated carbocycles. The van der Waals surface area contributed by atoms with E-state index in [1.807, 2.05) is 6.07 Å². The van der Waals surface area contributed by atoms with Crippen LogP contribution in [-0.2, 0) is 0 Å². The molecule has 0 fully saturated rings. The van der Waals surface area contributed by atoms with Gasteiger partial charge in [0.2, 0.25) is 0 Å². The number of alkyl halides is 1. The van der Waals surface area contributed by atoms with Crippen LogP contribution in [0.5, 0.6) is 5.75 Å². The van der Waals surface area contributed by atoms with Crippen molar-refractivity contribution >= 4 is 21.6 Å². The van der Waals surface area contributed by atoms with Crippen molar-refractivity contribution in [1.82, 2.24) is 0 Å². The van der Waals surface area contributed by atoms with Crippen LogP contribution >= 0.6 is 15.9 Å². The van der Waals surface area contributed by atoms with Crippen LogP contribution < -0.4 is 9.64 Å². The summed E-state index contributed by atoms with van der Waals surface area (Å²) in [5.74, 6) is 1.69. The number of para-hydroxylation sites is 2. The fraction of sp³-hybridized carbons (Fsp3) is 0.538. The Morgan fingerprint density at radius 3 is 3.06 bits per heavy atom. The Morgan fingerprint density at radius 1 is 1.44 bits per heavy atom. The minimum absolute atomic E-state index is 0.658. The Hall–Kier alpha value is -0.700. The van der Waals surface area contributed by atoms with E-state index < -0.39 is 0 Å². The van der Waals surface area contributed by atoms with Crippen LogP contribution in [0.4, 0.5) is 5.69 Å². The zero-order valence-electron chi connectivity index (χ0n) is 9.66. The van der Waals surface area contributed by atoms with Crippen LogP contribution in [0.3, 0.4) is 0 Å². The number of fused-ring (bicyclic) bond motifs is 1. The molecule has 2 nitrogen and oxygen atoms in total. The lowest BCUT2D eigenvalue weighted by Crippen LogP contribution is -2.29. The summed E-state index contributed by atoms with van der Waals surface area (Å²) in [6.45, 7) is 5.28. The first-order chi connectivity index (χ1) is 7.81. The summed E-state index contributed by atoms with van der Waals surface area (Å²) in [5, 5.41) is 1.05. The van der Waals surface area contributed by atoms with E-state index in [2.05, 4.69) is 46.0 Å². The molecule has 1 aliphatic rings. The molecule has 2 rings (SSSR count). The highest BCUT2D eigenvalue weighted by Crippen LogP contribution is 2.30. The van der Waals surface area contributed by atoms with Gasteiger partial charge in [0.15, 0.2) is 0 Å². The normalized spacial score (nSPS) is 17.2. The van der Waals surface area contributed by atoms with Gasteiger partial charge < -0.3 is 9.64 Å². The second kappa shape index (κ2) is 5.58. The molecule has 88 valence electrons. The van der Waals surface area contributed by atoms with E-state index in [9.17, 15) is 0 Å². The predicted octanol–water partition coefficient (Wildman–Crippen LogP) is 3.31. The number of ether oxygens (including phenoxy) is 1. The first-order valence-corrected chi connectivity index (χ1v) is 6.96. The van der Waals surface area contributed by atoms with Crippen molar-refractivity contribution in [2.24, 2.45) is 5.92 Å². The van der Waals surface area contributed by atoms with Gasteiger partial charge in [-0.3, -0.25) is 0 Å². The molecule has 3 heteroatoms. The minimum atomic E-state index is 0.658. The zero-order valence-corrected chi connectivity index (χ0v) is 11.2. The van der Waals surface area contributed by atoms with E-state index in [1.165, 1.54) is 5.69 Å². The Balaban J connectivity index is 2.19. The largest absolute Gasteiger partial charge is 0.491 e. The Bertz CT molecular complexity index is 342. The number of halogens is 1. The van der Waals surface area contributed by atoms with Crippen LogP contribution in [-0.4, -0.2) is 25.0 Å². The maximum absolute atomic E-state index is 5.74. The molecule has 1 aliphatic heterocycles. The van der Waals surface area contributed by atoms with Gasteiger partial charge in [0.25, 0.3) is 0 Å². The zero-order chi connectivity index (χ0) is 11.4. The molecule has 1 aromatic carbocycles. The van der Waals surface area contributed by atoms with Crippen molar-refractivity contribution in [3.63, 3.8) is 0 Å². The second-order valence-electron chi connectivity index (χ2n) is 4.38. The summed E-state index contributed by atoms with van der Waals surface area (Å²) >= 11 is 3.54. The molecule has 0 aliphatic carbocycles. The number of benzene rings is 1. The lowest BCUT2D eigenvalue weighted by molar-refractivity contribution is 0.322. The molecule has 1 heterocycles. The highest BCUT2D eigenvalue weighted by Gasteiger charge is 2.17. The lowest BCUT2D eigenvalue weighted by Gasteiger charge is -2.26. The van der Waals surface area contributed by atoms with Crippen LogP contribution in [0.1, 0.15) is 13.3 Å². The molecule has 1 aromatic rings. The molecule has 0 amide bonds. The van der Waals surface area contributed by atoms with Gasteiger partial charge in [-0.05, 0) is 24.5 Å². The van der Waals surface area contributed by atoms with Crippen molar-refractivity contribution < 1.29 is 4.74 Å². The number of rotatable bonds is 3. The monoisotopic (exact) mass is 283 g/mol. The molecule has 1 atom stereocenters. The van der Waals surface area contributed by atoms with E-state index in [1.54, 1.807) is 0 Å². The molecule has 0 bridgehead atoms. The molecule has 0 N–H and O–H groups in total. The van der Waals surface area contributed by atoms with Gasteiger partial charge in [-0.15, -0.1) is 0 Å². The van der Waals surface area contributed by atoms with Crippen LogP contribution in [0.25, 0.3) is 0 Å². The van der Waals surface area contributed by atoms with Gasteiger partial charge in [0, 0.05) is 18.4 Å². The standard InChI is InChI=1S/C13H18BrNO/c1-11(9-14)10-15-7-4-8-16-13-6-3-2-5-12(13)15/h2-3,5-6,11H,4,7-10H2,1H3. The van der Waals surface area contributed by atoms with Crippen LogP contribution in [0, 0.1) is 5.92 Å². The fourth-order valence-corrected chi connectivity index (χ4v) is 2.22. The van der Waals surface area contributed by atoms with Crippen molar-refractivity contribution in [3.05, 3.63) is 24.3 Å². The number of nitrogens with zero attached hydrogens (tertiary/aromatic N) is 1. The smallest absolute Gasteiger partial charge is 0.142 e. The molecule has 0 aromatic heterocycles. The van der Waals surface area contributed by atoms with Crippen LogP contribution in [0.15, 0.2) is 24.3 Å². The van der Waals surface area contributed by atoms with Gasteiger partial charge in [-0.1, -0.05) is 35.0 Å². The molecule has 16 heavy (non-hydrogen) atoms. The third-order valence-corrected chi connectivity index (χ3v) is 3.94. The first-order valence-electron chi connectivity index (χ1n) is 5.84. The fourth-order valence-electron chi connectivity index (χ4n) is 2.01. The second-order valence-corrected chi connectivity index (χ2v) is 5.02. The highest BCUT2D eigenvalue weighted by atomic mass is 79.9. The topological polar surface area (TPSA) is 12.5 Å². The summed E-state index contributed by atoms with van der Waals surface area (Å²) in [6.07, 6.45) is 1.10. The predicted molar refractivity (Wildman–Crippen MR) is 71.7 cm³/mol. The number of hydrogen-bond donors (Lipinski definition) is 0. The van der Waals surface area contributed by atoms with Crippen molar-refractivity contribution in [3.8, 4) is 5.75 Å². The van der Waals surface area contributed by atoms with Crippen molar-refractivity contribution in [2.45, 2.75) is 13.3 Å². The van der Waals surface area contributed by atoms with E-state index >= 15 is 0 Å². The minimum Gasteiger partial charge on any atom is -0.491 e. The molecule has 1 unspecified atom stereocenters. The Morgan fingerprint density at radius 2 is 2.25 bits per heavy atom. The Labute approximate surface area is 106 Å². The van der Waals surface area contributed by atoms with E-state index in [-0.39, 0.29) is 0 Å². The quantitative estimate of drug-likeness (QED) is 0.790. The average Bonchev–Trinajstić information content (AvgIpc) is 2.52. The summed E-state index contributed by atoms with van der Waals surface area (Å²) in [7, 11) is 0. The van der Waals surface area contributed by atoms with Gasteiger partial charge in [-0.25, -0.2) is 0 Å². The first kappa shape index (κ1) is 11.8. The summed E-state index contributed by atoms with van der Waals surface area (Å²) < 4.78 is 5.74. The summed E-state index contributed by atoms with van der Waals surface area (Å²) in [6, 6.07) is 8.34. The maximum atomic E-state index is 5.74. The molecule has 0 radical (unpaired) electrons. The maximum Gasteiger partial charge on any atom is 0.142 e. The average molecular weight is 284 g/mol. The molecule has 0 spiro atoms. The van der Waals surface area contributed by atoms with Crippen molar-refractivity contribution in [2.75, 3.05) is 29.9 Å². The molecular weight excluding hydrogens is 266 g/mol. The molecule has 0 saturated heterocycles. The van der Waals surface area contributed by atoms with Gasteiger partial charge >= 0.3 is 0 Å². The van der Waals surface area contributed by atoms with Gasteiger partial charge in [-0.2, -0.15) is 0 Å². The third kappa shape index (κ3) is 2.70. The van der Waals surface area contributed by atoms with E-state index in [0.717, 1.165) is 37.2 Å². The third-order valence-electron chi connectivity index (χ3n) is 2.83. The summed E-state index contributed by atoms with van der Waals surface area (Å²) in [4.78, 5) is 2.44. The van der Waals surface area contributed by atoms with Gasteiger partial charge in [0.1, 0.15) is 5.75 Å². The van der Waals surface area contributed by atoms with Crippen LogP contribution in [0.2, 0.25) is 0 Å². The van der Waals surface area contributed by atoms with Gasteiger partial charge in [0.05, 0.1) is 12.3 Å². The highest BCUT2D eigenvalue weighted by molar-refractivity contribution is 9.09. The SMILES string of the molecule is CC(CBr)CN1CCCOc2ccccc21. The Kier molecular flexibility index (Phi) is 4.10. The van der Waals surface area contributed by atoms with E-state index in [0.29, 0.717) is 5.92 Å². The van der Waals surface area contributed by atoms with E-state index in [4.69, 9.17) is 4.74 Å². The lowest BCUT2D eigenvalue weighted by atomic mass is 10.1. The summed E-state index contributed by atoms with van der Waals surface area (Å²) in [5.41, 5.74) is 1.24. The number of anilines is 1. The molecular formula is C13H18BrNO. The number of hydrogen-bond acceptors (Lipinski definition) is 2.